The van der Waals surface area contributed by atoms with E-state index < -0.39 is 5.92 Å². The van der Waals surface area contributed by atoms with Gasteiger partial charge in [-0.15, -0.1) is 0 Å². The number of esters is 1. The number of carbonyl (C=O) groups is 2. The highest BCUT2D eigenvalue weighted by atomic mass is 16.5. The van der Waals surface area contributed by atoms with Crippen molar-refractivity contribution in [3.63, 3.8) is 0 Å². The first-order valence-corrected chi connectivity index (χ1v) is 4.34. The third-order valence-electron chi connectivity index (χ3n) is 2.07. The molecule has 0 heterocycles. The molecular formula is C9H14O3. The van der Waals surface area contributed by atoms with Crippen molar-refractivity contribution in [1.82, 2.24) is 0 Å². The molecule has 68 valence electrons. The van der Waals surface area contributed by atoms with Gasteiger partial charge in [-0.2, -0.15) is 0 Å². The third kappa shape index (κ3) is 2.06. The molecule has 1 saturated carbocycles. The Kier molecular flexibility index (Phi) is 2.84. The van der Waals surface area contributed by atoms with Crippen molar-refractivity contribution in [3.8, 4) is 0 Å². The Morgan fingerprint density at radius 1 is 1.50 bits per heavy atom. The van der Waals surface area contributed by atoms with Crippen molar-refractivity contribution in [2.45, 2.75) is 26.7 Å². The number of ether oxygens (including phenoxy) is 1. The minimum atomic E-state index is -0.482. The zero-order valence-electron chi connectivity index (χ0n) is 7.50. The average Bonchev–Trinajstić information content (AvgIpc) is 2.71. The lowest BCUT2D eigenvalue weighted by Crippen LogP contribution is -2.26. The predicted octanol–water partition coefficient (Wildman–Crippen LogP) is 1.16. The van der Waals surface area contributed by atoms with E-state index in [1.54, 1.807) is 6.92 Å². The van der Waals surface area contributed by atoms with Gasteiger partial charge in [0.15, 0.2) is 0 Å². The summed E-state index contributed by atoms with van der Waals surface area (Å²) in [4.78, 5) is 22.3. The van der Waals surface area contributed by atoms with Crippen molar-refractivity contribution in [1.29, 1.82) is 0 Å². The first-order valence-electron chi connectivity index (χ1n) is 4.34. The van der Waals surface area contributed by atoms with Gasteiger partial charge in [-0.3, -0.25) is 9.59 Å². The van der Waals surface area contributed by atoms with E-state index in [0.29, 0.717) is 6.61 Å². The van der Waals surface area contributed by atoms with Crippen LogP contribution in [0, 0.1) is 11.8 Å². The Bertz CT molecular complexity index is 194. The van der Waals surface area contributed by atoms with Crippen LogP contribution in [-0.4, -0.2) is 18.4 Å². The average molecular weight is 170 g/mol. The normalized spacial score (nSPS) is 18.5. The summed E-state index contributed by atoms with van der Waals surface area (Å²) in [5.74, 6) is -0.616. The maximum absolute atomic E-state index is 11.2. The summed E-state index contributed by atoms with van der Waals surface area (Å²) in [5.41, 5.74) is 0. The molecule has 1 fully saturated rings. The summed E-state index contributed by atoms with van der Waals surface area (Å²) < 4.78 is 4.81. The molecule has 0 aromatic carbocycles. The Labute approximate surface area is 72.1 Å². The van der Waals surface area contributed by atoms with Crippen LogP contribution >= 0.6 is 0 Å². The molecular weight excluding hydrogens is 156 g/mol. The summed E-state index contributed by atoms with van der Waals surface area (Å²) in [7, 11) is 0. The summed E-state index contributed by atoms with van der Waals surface area (Å²) in [6, 6.07) is 0. The van der Waals surface area contributed by atoms with Crippen molar-refractivity contribution in [3.05, 3.63) is 0 Å². The van der Waals surface area contributed by atoms with Crippen molar-refractivity contribution in [2.75, 3.05) is 6.61 Å². The van der Waals surface area contributed by atoms with E-state index in [1.807, 2.05) is 0 Å². The zero-order chi connectivity index (χ0) is 9.14. The second kappa shape index (κ2) is 3.70. The number of ketones is 1. The number of hydrogen-bond donors (Lipinski definition) is 0. The van der Waals surface area contributed by atoms with Gasteiger partial charge >= 0.3 is 5.97 Å². The van der Waals surface area contributed by atoms with Crippen LogP contribution in [0.5, 0.6) is 0 Å². The molecule has 12 heavy (non-hydrogen) atoms. The molecule has 1 rings (SSSR count). The summed E-state index contributed by atoms with van der Waals surface area (Å²) in [6.45, 7) is 3.57. The topological polar surface area (TPSA) is 43.4 Å². The highest BCUT2D eigenvalue weighted by Gasteiger charge is 2.40. The monoisotopic (exact) mass is 170 g/mol. The molecule has 0 saturated heterocycles. The standard InChI is InChI=1S/C9H14O3/c1-3-12-9(11)8(6(2)10)7-4-5-7/h7-8H,3-5H2,1-2H3. The maximum Gasteiger partial charge on any atom is 0.316 e. The highest BCUT2D eigenvalue weighted by molar-refractivity contribution is 5.98. The smallest absolute Gasteiger partial charge is 0.316 e. The fraction of sp³-hybridized carbons (Fsp3) is 0.778. The van der Waals surface area contributed by atoms with Gasteiger partial charge in [-0.25, -0.2) is 0 Å². The van der Waals surface area contributed by atoms with Crippen LogP contribution in [0.4, 0.5) is 0 Å². The molecule has 0 bridgehead atoms. The molecule has 0 aromatic rings. The van der Waals surface area contributed by atoms with Crippen LogP contribution in [0.3, 0.4) is 0 Å². The van der Waals surface area contributed by atoms with Gasteiger partial charge in [-0.05, 0) is 32.6 Å². The van der Waals surface area contributed by atoms with Crippen molar-refractivity contribution in [2.24, 2.45) is 11.8 Å². The fourth-order valence-electron chi connectivity index (χ4n) is 1.35. The van der Waals surface area contributed by atoms with Crippen LogP contribution in [-0.2, 0) is 14.3 Å². The molecule has 1 aliphatic carbocycles. The van der Waals surface area contributed by atoms with E-state index in [0.717, 1.165) is 12.8 Å². The minimum Gasteiger partial charge on any atom is -0.465 e. The molecule has 0 spiro atoms. The molecule has 0 amide bonds. The molecule has 0 aliphatic heterocycles. The van der Waals surface area contributed by atoms with Gasteiger partial charge < -0.3 is 4.74 Å². The van der Waals surface area contributed by atoms with E-state index in [4.69, 9.17) is 4.74 Å². The van der Waals surface area contributed by atoms with Crippen LogP contribution in [0.25, 0.3) is 0 Å². The summed E-state index contributed by atoms with van der Waals surface area (Å²) in [5, 5.41) is 0. The first kappa shape index (κ1) is 9.23. The van der Waals surface area contributed by atoms with Crippen LogP contribution in [0.15, 0.2) is 0 Å². The lowest BCUT2D eigenvalue weighted by atomic mass is 10.00. The highest BCUT2D eigenvalue weighted by Crippen LogP contribution is 2.37. The third-order valence-corrected chi connectivity index (χ3v) is 2.07. The lowest BCUT2D eigenvalue weighted by molar-refractivity contribution is -0.151. The predicted molar refractivity (Wildman–Crippen MR) is 43.5 cm³/mol. The largest absolute Gasteiger partial charge is 0.465 e. The molecule has 3 nitrogen and oxygen atoms in total. The van der Waals surface area contributed by atoms with Crippen LogP contribution in [0.2, 0.25) is 0 Å². The fourth-order valence-corrected chi connectivity index (χ4v) is 1.35. The molecule has 1 atom stereocenters. The SMILES string of the molecule is CCOC(=O)C(C(C)=O)C1CC1. The lowest BCUT2D eigenvalue weighted by Gasteiger charge is -2.10. The Morgan fingerprint density at radius 3 is 2.42 bits per heavy atom. The zero-order valence-corrected chi connectivity index (χ0v) is 7.50. The quantitative estimate of drug-likeness (QED) is 0.469. The van der Waals surface area contributed by atoms with E-state index in [9.17, 15) is 9.59 Å². The Balaban J connectivity index is 2.52. The summed E-state index contributed by atoms with van der Waals surface area (Å²) >= 11 is 0. The molecule has 3 heteroatoms. The first-order chi connectivity index (χ1) is 5.66. The van der Waals surface area contributed by atoms with E-state index in [1.165, 1.54) is 6.92 Å². The van der Waals surface area contributed by atoms with Gasteiger partial charge in [0, 0.05) is 0 Å². The minimum absolute atomic E-state index is 0.0593. The van der Waals surface area contributed by atoms with Crippen LogP contribution < -0.4 is 0 Å². The molecule has 1 unspecified atom stereocenters. The Hall–Kier alpha value is -0.860. The number of Topliss-reactive ketones (excluding diaryl/α,β-unsaturated/α-hetero) is 1. The second-order valence-corrected chi connectivity index (χ2v) is 3.18. The number of hydrogen-bond acceptors (Lipinski definition) is 3. The number of carbonyl (C=O) groups excluding carboxylic acids is 2. The molecule has 0 aromatic heterocycles. The number of rotatable bonds is 4. The van der Waals surface area contributed by atoms with Crippen LogP contribution in [0.1, 0.15) is 26.7 Å². The molecule has 1 aliphatic rings. The van der Waals surface area contributed by atoms with Crippen molar-refractivity contribution < 1.29 is 14.3 Å². The second-order valence-electron chi connectivity index (χ2n) is 3.18. The van der Waals surface area contributed by atoms with Gasteiger partial charge in [-0.1, -0.05) is 0 Å². The van der Waals surface area contributed by atoms with Gasteiger partial charge in [0.2, 0.25) is 0 Å². The van der Waals surface area contributed by atoms with Gasteiger partial charge in [0.25, 0.3) is 0 Å². The van der Waals surface area contributed by atoms with Crippen molar-refractivity contribution >= 4 is 11.8 Å². The van der Waals surface area contributed by atoms with E-state index in [2.05, 4.69) is 0 Å². The molecule has 0 radical (unpaired) electrons. The van der Waals surface area contributed by atoms with Gasteiger partial charge in [0.05, 0.1) is 6.61 Å². The van der Waals surface area contributed by atoms with Gasteiger partial charge in [0.1, 0.15) is 11.7 Å². The Morgan fingerprint density at radius 2 is 2.08 bits per heavy atom. The maximum atomic E-state index is 11.2. The van der Waals surface area contributed by atoms with E-state index >= 15 is 0 Å². The molecule has 0 N–H and O–H groups in total. The van der Waals surface area contributed by atoms with E-state index in [-0.39, 0.29) is 17.7 Å². The summed E-state index contributed by atoms with van der Waals surface area (Å²) in [6.07, 6.45) is 1.98.